The van der Waals surface area contributed by atoms with Crippen molar-refractivity contribution in [1.29, 1.82) is 0 Å². The Kier molecular flexibility index (Phi) is 5.74. The molecule has 6 nitrogen and oxygen atoms in total. The monoisotopic (exact) mass is 457 g/mol. The van der Waals surface area contributed by atoms with Crippen LogP contribution in [0.15, 0.2) is 29.8 Å². The van der Waals surface area contributed by atoms with Crippen LogP contribution in [0.4, 0.5) is 0 Å². The van der Waals surface area contributed by atoms with Gasteiger partial charge in [0.05, 0.1) is 5.75 Å². The van der Waals surface area contributed by atoms with Gasteiger partial charge in [-0.1, -0.05) is 39.1 Å². The van der Waals surface area contributed by atoms with E-state index < -0.39 is 33.0 Å². The normalized spacial score (nSPS) is 21.1. The summed E-state index contributed by atoms with van der Waals surface area (Å²) >= 11 is 15.0. The average molecular weight is 459 g/mol. The predicted molar refractivity (Wildman–Crippen MR) is 94.9 cm³/mol. The molecule has 1 aliphatic heterocycles. The summed E-state index contributed by atoms with van der Waals surface area (Å²) in [6.07, 6.45) is 0.360. The molecule has 1 heterocycles. The first-order valence-corrected chi connectivity index (χ1v) is 10.3. The lowest BCUT2D eigenvalue weighted by Gasteiger charge is -2.24. The first kappa shape index (κ1) is 19.4. The maximum atomic E-state index is 12.4. The van der Waals surface area contributed by atoms with Crippen LogP contribution in [0.5, 0.6) is 0 Å². The van der Waals surface area contributed by atoms with Gasteiger partial charge in [0.15, 0.2) is 5.60 Å². The Morgan fingerprint density at radius 3 is 2.42 bits per heavy atom. The number of alkyl halides is 1. The van der Waals surface area contributed by atoms with E-state index in [-0.39, 0.29) is 15.8 Å². The zero-order chi connectivity index (χ0) is 18.1. The Morgan fingerprint density at radius 1 is 1.29 bits per heavy atom. The molecule has 10 heteroatoms. The number of carbonyl (C=O) groups excluding carboxylic acids is 1. The smallest absolute Gasteiger partial charge is 0.250 e. The van der Waals surface area contributed by atoms with E-state index in [1.807, 2.05) is 0 Å². The number of ether oxygens (including phenoxy) is 1. The maximum absolute atomic E-state index is 12.4. The third-order valence-corrected chi connectivity index (χ3v) is 5.70. The van der Waals surface area contributed by atoms with E-state index >= 15 is 0 Å². The molecule has 1 unspecified atom stereocenters. The standard InChI is InChI=1S/C14H14BrCl2NO5S/c1-14(8-5-9(16)7-10(17)6-8)12(20)11(19)13(23-14)18-24(21,22)4-2-3-15/h5-7,18-19H,2-4H2,1H3. The number of sulfonamides is 1. The van der Waals surface area contributed by atoms with Crippen molar-refractivity contribution in [1.82, 2.24) is 4.72 Å². The van der Waals surface area contributed by atoms with Gasteiger partial charge in [0.2, 0.25) is 21.7 Å². The van der Waals surface area contributed by atoms with Gasteiger partial charge in [0.1, 0.15) is 0 Å². The Hall–Kier alpha value is -0.960. The molecule has 0 saturated carbocycles. The highest BCUT2D eigenvalue weighted by molar-refractivity contribution is 9.09. The first-order chi connectivity index (χ1) is 11.1. The van der Waals surface area contributed by atoms with Crippen molar-refractivity contribution < 1.29 is 23.1 Å². The van der Waals surface area contributed by atoms with Crippen LogP contribution in [0.25, 0.3) is 0 Å². The number of aliphatic hydroxyl groups is 1. The number of rotatable bonds is 6. The molecule has 0 saturated heterocycles. The van der Waals surface area contributed by atoms with Crippen LogP contribution in [-0.2, 0) is 25.2 Å². The number of hydrogen-bond donors (Lipinski definition) is 2. The van der Waals surface area contributed by atoms with Gasteiger partial charge in [-0.2, -0.15) is 0 Å². The molecule has 0 amide bonds. The molecule has 2 N–H and O–H groups in total. The summed E-state index contributed by atoms with van der Waals surface area (Å²) in [5, 5.41) is 11.0. The number of aliphatic hydroxyl groups excluding tert-OH is 1. The van der Waals surface area contributed by atoms with Crippen molar-refractivity contribution in [2.24, 2.45) is 0 Å². The largest absolute Gasteiger partial charge is 0.501 e. The number of Topliss-reactive ketones (excluding diaryl/α,β-unsaturated/α-hetero) is 1. The summed E-state index contributed by atoms with van der Waals surface area (Å²) < 4.78 is 31.4. The lowest BCUT2D eigenvalue weighted by atomic mass is 9.92. The third kappa shape index (κ3) is 3.99. The summed E-state index contributed by atoms with van der Waals surface area (Å²) in [5.41, 5.74) is -1.34. The second-order valence-corrected chi connectivity index (χ2v) is 8.77. The van der Waals surface area contributed by atoms with E-state index in [0.29, 0.717) is 17.3 Å². The number of hydrogen-bond acceptors (Lipinski definition) is 5. The third-order valence-electron chi connectivity index (χ3n) is 3.38. The minimum Gasteiger partial charge on any atom is -0.501 e. The van der Waals surface area contributed by atoms with Gasteiger partial charge >= 0.3 is 0 Å². The van der Waals surface area contributed by atoms with Gasteiger partial charge in [-0.3, -0.25) is 9.52 Å². The number of ketones is 1. The fourth-order valence-corrected chi connectivity index (χ4v) is 4.38. The number of halogens is 3. The van der Waals surface area contributed by atoms with Gasteiger partial charge in [0.25, 0.3) is 5.78 Å². The molecule has 0 aliphatic carbocycles. The molecular formula is C14H14BrCl2NO5S. The van der Waals surface area contributed by atoms with E-state index in [0.717, 1.165) is 0 Å². The molecule has 24 heavy (non-hydrogen) atoms. The van der Waals surface area contributed by atoms with Crippen LogP contribution in [0.1, 0.15) is 18.9 Å². The van der Waals surface area contributed by atoms with Crippen LogP contribution < -0.4 is 4.72 Å². The zero-order valence-electron chi connectivity index (χ0n) is 12.5. The van der Waals surface area contributed by atoms with Crippen molar-refractivity contribution in [3.05, 3.63) is 45.5 Å². The Balaban J connectivity index is 2.31. The quantitative estimate of drug-likeness (QED) is 0.638. The highest BCUT2D eigenvalue weighted by Crippen LogP contribution is 2.39. The molecule has 0 spiro atoms. The zero-order valence-corrected chi connectivity index (χ0v) is 16.4. The van der Waals surface area contributed by atoms with Crippen LogP contribution in [0.3, 0.4) is 0 Å². The van der Waals surface area contributed by atoms with E-state index in [2.05, 4.69) is 20.7 Å². The van der Waals surface area contributed by atoms with Crippen molar-refractivity contribution in [2.75, 3.05) is 11.1 Å². The Morgan fingerprint density at radius 2 is 1.88 bits per heavy atom. The fraction of sp³-hybridized carbons (Fsp3) is 0.357. The van der Waals surface area contributed by atoms with E-state index in [1.54, 1.807) is 0 Å². The van der Waals surface area contributed by atoms with Crippen LogP contribution >= 0.6 is 39.1 Å². The molecule has 0 bridgehead atoms. The predicted octanol–water partition coefficient (Wildman–Crippen LogP) is 3.24. The molecule has 0 aromatic heterocycles. The Bertz CT molecular complexity index is 791. The molecule has 1 aromatic rings. The minimum absolute atomic E-state index is 0.188. The van der Waals surface area contributed by atoms with E-state index in [9.17, 15) is 18.3 Å². The van der Waals surface area contributed by atoms with Gasteiger partial charge in [-0.05, 0) is 31.5 Å². The number of nitrogens with one attached hydrogen (secondary N) is 1. The van der Waals surface area contributed by atoms with Gasteiger partial charge in [-0.25, -0.2) is 8.42 Å². The van der Waals surface area contributed by atoms with Crippen molar-refractivity contribution >= 4 is 54.9 Å². The van der Waals surface area contributed by atoms with Gasteiger partial charge in [0, 0.05) is 20.9 Å². The number of benzene rings is 1. The van der Waals surface area contributed by atoms with Crippen molar-refractivity contribution in [3.63, 3.8) is 0 Å². The maximum Gasteiger partial charge on any atom is 0.250 e. The highest BCUT2D eigenvalue weighted by atomic mass is 79.9. The molecule has 1 aromatic carbocycles. The van der Waals surface area contributed by atoms with Crippen molar-refractivity contribution in [2.45, 2.75) is 18.9 Å². The van der Waals surface area contributed by atoms with Crippen LogP contribution in [0.2, 0.25) is 10.0 Å². The second-order valence-electron chi connectivity index (χ2n) is 5.26. The van der Waals surface area contributed by atoms with Crippen LogP contribution in [-0.4, -0.2) is 30.4 Å². The molecular weight excluding hydrogens is 445 g/mol. The molecule has 0 radical (unpaired) electrons. The topological polar surface area (TPSA) is 92.7 Å². The molecule has 1 atom stereocenters. The number of carbonyl (C=O) groups is 1. The summed E-state index contributed by atoms with van der Waals surface area (Å²) in [5.74, 6) is -2.28. The molecule has 2 rings (SSSR count). The Labute approximate surface area is 158 Å². The summed E-state index contributed by atoms with van der Waals surface area (Å²) in [4.78, 5) is 12.4. The highest BCUT2D eigenvalue weighted by Gasteiger charge is 2.49. The van der Waals surface area contributed by atoms with Crippen molar-refractivity contribution in [3.8, 4) is 0 Å². The van der Waals surface area contributed by atoms with Gasteiger partial charge < -0.3 is 9.84 Å². The molecule has 0 fully saturated rings. The minimum atomic E-state index is -3.76. The van der Waals surface area contributed by atoms with Gasteiger partial charge in [-0.15, -0.1) is 0 Å². The van der Waals surface area contributed by atoms with E-state index in [1.165, 1.54) is 25.1 Å². The fourth-order valence-electron chi connectivity index (χ4n) is 2.15. The van der Waals surface area contributed by atoms with Crippen LogP contribution in [0, 0.1) is 0 Å². The lowest BCUT2D eigenvalue weighted by Crippen LogP contribution is -2.32. The molecule has 132 valence electrons. The summed E-state index contributed by atoms with van der Waals surface area (Å²) in [6, 6.07) is 4.40. The average Bonchev–Trinajstić information content (AvgIpc) is 2.69. The lowest BCUT2D eigenvalue weighted by molar-refractivity contribution is -0.131. The summed E-state index contributed by atoms with van der Waals surface area (Å²) in [7, 11) is -3.76. The first-order valence-electron chi connectivity index (χ1n) is 6.79. The van der Waals surface area contributed by atoms with E-state index in [4.69, 9.17) is 27.9 Å². The SMILES string of the molecule is CC1(c2cc(Cl)cc(Cl)c2)OC(NS(=O)(=O)CCCBr)=C(O)C1=O. The second kappa shape index (κ2) is 7.11. The molecule has 1 aliphatic rings. The summed E-state index contributed by atoms with van der Waals surface area (Å²) in [6.45, 7) is 1.40.